The van der Waals surface area contributed by atoms with Gasteiger partial charge in [0.05, 0.1) is 0 Å². The van der Waals surface area contributed by atoms with Gasteiger partial charge in [-0.05, 0) is 198 Å². The molecule has 0 aromatic heterocycles. The number of hydrogen-bond acceptors (Lipinski definition) is 6. The fourth-order valence-electron chi connectivity index (χ4n) is 15.5. The number of unbranched alkanes of at least 4 members (excludes halogenated alkanes) is 48. The first-order valence-corrected chi connectivity index (χ1v) is 47.8. The van der Waals surface area contributed by atoms with E-state index in [0.717, 1.165) is 38.5 Å². The Morgan fingerprint density at radius 2 is 0.450 bits per heavy atom. The first-order valence-electron chi connectivity index (χ1n) is 45.3. The number of benzene rings is 6. The number of rotatable bonds is 66. The summed E-state index contributed by atoms with van der Waals surface area (Å²) in [5.41, 5.74) is 13.6. The number of hydrogen-bond donors (Lipinski definition) is 3. The monoisotopic (exact) mass is 1570 g/mol. The first kappa shape index (κ1) is 98.1. The van der Waals surface area contributed by atoms with Crippen LogP contribution in [0, 0.1) is 41.5 Å². The average Bonchev–Trinajstić information content (AvgIpc) is 0.775. The summed E-state index contributed by atoms with van der Waals surface area (Å²) in [6.45, 7) is 14.1. The second-order valence-corrected chi connectivity index (χ2v) is 35.7. The topological polar surface area (TPSA) is 112 Å². The maximum atomic E-state index is 10.6. The Kier molecular flexibility index (Phi) is 59.2. The van der Waals surface area contributed by atoms with Crippen LogP contribution in [0.3, 0.4) is 0 Å². The van der Waals surface area contributed by atoms with E-state index in [0.29, 0.717) is 19.3 Å². The molecule has 9 heteroatoms. The quantitative estimate of drug-likeness (QED) is 0.0322. The molecule has 0 amide bonds. The molecule has 0 radical (unpaired) electrons. The summed E-state index contributed by atoms with van der Waals surface area (Å²) in [4.78, 5) is 39.9. The smallest absolute Gasteiger partial charge is 0.303 e. The van der Waals surface area contributed by atoms with Gasteiger partial charge in [0.1, 0.15) is 0 Å². The second-order valence-electron chi connectivity index (χ2n) is 32.4. The first-order chi connectivity index (χ1) is 54.2. The molecule has 618 valence electrons. The van der Waals surface area contributed by atoms with Crippen LogP contribution in [0.1, 0.15) is 397 Å². The van der Waals surface area contributed by atoms with E-state index in [9.17, 15) is 14.4 Å². The molecule has 0 unspecified atom stereocenters. The summed E-state index contributed by atoms with van der Waals surface area (Å²) in [6, 6.07) is 45.1. The molecule has 111 heavy (non-hydrogen) atoms. The molecule has 0 fully saturated rings. The Hall–Kier alpha value is -5.22. The Balaban J connectivity index is 0.000000445. The highest BCUT2D eigenvalue weighted by molar-refractivity contribution is 8.00. The lowest BCUT2D eigenvalue weighted by Crippen LogP contribution is -2.07. The minimum Gasteiger partial charge on any atom is -0.481 e. The number of carboxylic acid groups (broad SMARTS) is 3. The number of aliphatic carboxylic acids is 3. The van der Waals surface area contributed by atoms with Gasteiger partial charge in [-0.2, -0.15) is 0 Å². The largest absolute Gasteiger partial charge is 0.481 e. The third kappa shape index (κ3) is 50.7. The van der Waals surface area contributed by atoms with Crippen molar-refractivity contribution < 1.29 is 29.7 Å². The highest BCUT2D eigenvalue weighted by atomic mass is 32.2. The van der Waals surface area contributed by atoms with E-state index >= 15 is 0 Å². The van der Waals surface area contributed by atoms with Crippen LogP contribution in [-0.2, 0) is 33.6 Å². The van der Waals surface area contributed by atoms with Gasteiger partial charge in [0, 0.05) is 48.6 Å². The zero-order valence-electron chi connectivity index (χ0n) is 71.2. The van der Waals surface area contributed by atoms with Crippen molar-refractivity contribution in [3.63, 3.8) is 0 Å². The molecule has 0 saturated carbocycles. The second kappa shape index (κ2) is 67.0. The van der Waals surface area contributed by atoms with Crippen LogP contribution in [0.5, 0.6) is 0 Å². The molecule has 6 nitrogen and oxygen atoms in total. The van der Waals surface area contributed by atoms with E-state index in [2.05, 4.69) is 157 Å². The van der Waals surface area contributed by atoms with Crippen molar-refractivity contribution in [3.05, 3.63) is 177 Å². The van der Waals surface area contributed by atoms with Crippen molar-refractivity contribution in [1.29, 1.82) is 0 Å². The van der Waals surface area contributed by atoms with Gasteiger partial charge in [-0.15, -0.1) is 0 Å². The van der Waals surface area contributed by atoms with Crippen LogP contribution in [0.4, 0.5) is 0 Å². The van der Waals surface area contributed by atoms with Crippen LogP contribution in [-0.4, -0.2) is 33.2 Å². The van der Waals surface area contributed by atoms with Gasteiger partial charge in [-0.25, -0.2) is 0 Å². The molecular weight excluding hydrogens is 1420 g/mol. The zero-order chi connectivity index (χ0) is 79.7. The summed E-state index contributed by atoms with van der Waals surface area (Å²) in [6.07, 6.45) is 71.5. The molecular formula is C102H156O6S3. The van der Waals surface area contributed by atoms with Crippen LogP contribution >= 0.6 is 35.3 Å². The van der Waals surface area contributed by atoms with Gasteiger partial charge in [-0.1, -0.05) is 403 Å². The lowest BCUT2D eigenvalue weighted by Gasteiger charge is -2.24. The molecule has 0 heterocycles. The van der Waals surface area contributed by atoms with Gasteiger partial charge in [0.2, 0.25) is 0 Å². The van der Waals surface area contributed by atoms with E-state index in [1.54, 1.807) is 34.0 Å². The van der Waals surface area contributed by atoms with Crippen molar-refractivity contribution in [2.45, 2.75) is 437 Å². The predicted octanol–water partition coefficient (Wildman–Crippen LogP) is 33.3. The van der Waals surface area contributed by atoms with Crippen molar-refractivity contribution in [3.8, 4) is 0 Å². The molecule has 0 saturated heterocycles. The Bertz CT molecular complexity index is 3220. The lowest BCUT2D eigenvalue weighted by molar-refractivity contribution is -0.138. The molecule has 6 aromatic rings. The summed E-state index contributed by atoms with van der Waals surface area (Å²) < 4.78 is 0. The Morgan fingerprint density at radius 1 is 0.216 bits per heavy atom. The fraction of sp³-hybridized carbons (Fsp3) is 0.618. The minimum absolute atomic E-state index is 0.331. The van der Waals surface area contributed by atoms with E-state index < -0.39 is 17.9 Å². The normalized spacial score (nSPS) is 11.2. The summed E-state index contributed by atoms with van der Waals surface area (Å²) >= 11 is 5.66. The molecule has 6 rings (SSSR count). The van der Waals surface area contributed by atoms with E-state index in [1.165, 1.54) is 365 Å². The molecule has 0 spiro atoms. The average molecular weight is 1570 g/mol. The van der Waals surface area contributed by atoms with Crippen molar-refractivity contribution >= 4 is 53.2 Å². The maximum Gasteiger partial charge on any atom is 0.303 e. The van der Waals surface area contributed by atoms with E-state index in [1.807, 2.05) is 35.7 Å². The molecule has 0 atom stereocenters. The van der Waals surface area contributed by atoms with Gasteiger partial charge in [0.25, 0.3) is 0 Å². The van der Waals surface area contributed by atoms with Crippen molar-refractivity contribution in [1.82, 2.24) is 0 Å². The predicted molar refractivity (Wildman–Crippen MR) is 483 cm³/mol. The minimum atomic E-state index is -0.657. The van der Waals surface area contributed by atoms with Gasteiger partial charge in [0.15, 0.2) is 0 Å². The Labute approximate surface area is 692 Å². The van der Waals surface area contributed by atoms with Crippen molar-refractivity contribution in [2.24, 2.45) is 0 Å². The summed E-state index contributed by atoms with van der Waals surface area (Å²) in [5.74, 6) is -1.97. The highest BCUT2D eigenvalue weighted by Crippen LogP contribution is 2.42. The van der Waals surface area contributed by atoms with Gasteiger partial charge >= 0.3 is 17.9 Å². The maximum absolute atomic E-state index is 10.6. The standard InChI is InChI=1S/C58H98O4S.C32H48O2S.C12H10S/c1-47-45-46-48(2)57(49(47)3)63-58-51(5)50(4)53(41-37-33-29-25-21-17-13-9-7-11-15-19-23-27-31-35-39-43-55(59)60)54(52(58)6)42-38-34-30-26-22-18-14-10-8-12-16-20-24-28-32-36-40-44-56(61)62;33-32(34)24-20-15-13-11-9-7-5-3-1-2-4-6-8-10-12-14-17-21-29-25-27-31(28-26-29)35-30-22-18-16-19-23-30;1-3-7-11(8-4-1)13-12-9-5-2-6-10-12/h45-46H,7-44H2,1-6H3,(H,59,60)(H,61,62);16,18-19,22-23,25-28H,1-15,17,20-21,24H2,(H,33,34);1-10H. The van der Waals surface area contributed by atoms with Gasteiger partial charge < -0.3 is 15.3 Å². The molecule has 0 aliphatic rings. The number of aryl methyl sites for hydroxylation is 3. The molecule has 0 aliphatic carbocycles. The zero-order valence-corrected chi connectivity index (χ0v) is 73.7. The highest BCUT2D eigenvalue weighted by Gasteiger charge is 2.20. The van der Waals surface area contributed by atoms with Crippen LogP contribution in [0.25, 0.3) is 0 Å². The fourth-order valence-corrected chi connectivity index (χ4v) is 18.5. The van der Waals surface area contributed by atoms with E-state index in [4.69, 9.17) is 15.3 Å². The third-order valence-corrected chi connectivity index (χ3v) is 26.4. The molecule has 3 N–H and O–H groups in total. The van der Waals surface area contributed by atoms with Gasteiger partial charge in [-0.3, -0.25) is 14.4 Å². The summed E-state index contributed by atoms with van der Waals surface area (Å²) in [7, 11) is 0. The number of carbonyl (C=O) groups is 3. The van der Waals surface area contributed by atoms with Crippen LogP contribution in [0.2, 0.25) is 0 Å². The number of carboxylic acids is 3. The van der Waals surface area contributed by atoms with Crippen molar-refractivity contribution in [2.75, 3.05) is 0 Å². The Morgan fingerprint density at radius 3 is 0.730 bits per heavy atom. The summed E-state index contributed by atoms with van der Waals surface area (Å²) in [5, 5.41) is 26.1. The third-order valence-electron chi connectivity index (χ3n) is 22.7. The molecule has 0 bridgehead atoms. The molecule has 6 aromatic carbocycles. The SMILES string of the molecule is Cc1ccc(C)c(Sc2c(C)c(C)c(CCCCCCCCCCCCCCCCCCCC(=O)O)c(CCCCCCCCCCCCCCCCCCCC(=O)O)c2C)c1C.O=C(O)CCCCCCCCCCCCCCCCCCCc1ccc(Sc2ccccc2)cc1.c1ccc(Sc2ccccc2)cc1. The molecule has 0 aliphatic heterocycles. The lowest BCUT2D eigenvalue weighted by atomic mass is 9.87. The van der Waals surface area contributed by atoms with Crippen LogP contribution in [0.15, 0.2) is 157 Å². The van der Waals surface area contributed by atoms with Crippen LogP contribution < -0.4 is 0 Å². The van der Waals surface area contributed by atoms with E-state index in [-0.39, 0.29) is 0 Å².